The van der Waals surface area contributed by atoms with Crippen LogP contribution in [0.3, 0.4) is 0 Å². The highest BCUT2D eigenvalue weighted by atomic mass is 16.5. The number of rotatable bonds is 5. The zero-order valence-corrected chi connectivity index (χ0v) is 13.3. The topological polar surface area (TPSA) is 52.3 Å². The lowest BCUT2D eigenvalue weighted by Crippen LogP contribution is -2.07. The summed E-state index contributed by atoms with van der Waals surface area (Å²) >= 11 is 0. The van der Waals surface area contributed by atoms with Gasteiger partial charge >= 0.3 is 5.97 Å². The maximum atomic E-state index is 12.1. The molecular weight excluding hydrogens is 302 g/mol. The summed E-state index contributed by atoms with van der Waals surface area (Å²) in [6, 6.07) is 19.3. The number of ether oxygens (including phenoxy) is 1. The first-order chi connectivity index (χ1) is 11.7. The Kier molecular flexibility index (Phi) is 4.87. The average molecular weight is 319 g/mol. The SMILES string of the molecule is Cc1oc(-c2ccccc2)nc1C(=O)OC/C=C/c1ccccc1. The van der Waals surface area contributed by atoms with Gasteiger partial charge in [-0.05, 0) is 30.7 Å². The molecule has 0 aliphatic rings. The zero-order chi connectivity index (χ0) is 16.8. The van der Waals surface area contributed by atoms with Gasteiger partial charge in [0.05, 0.1) is 0 Å². The molecule has 0 amide bonds. The number of hydrogen-bond acceptors (Lipinski definition) is 4. The largest absolute Gasteiger partial charge is 0.457 e. The van der Waals surface area contributed by atoms with E-state index in [-0.39, 0.29) is 12.3 Å². The normalized spacial score (nSPS) is 10.9. The van der Waals surface area contributed by atoms with Gasteiger partial charge < -0.3 is 9.15 Å². The Morgan fingerprint density at radius 1 is 1.08 bits per heavy atom. The zero-order valence-electron chi connectivity index (χ0n) is 13.3. The van der Waals surface area contributed by atoms with E-state index < -0.39 is 5.97 Å². The second kappa shape index (κ2) is 7.42. The third-order valence-corrected chi connectivity index (χ3v) is 3.43. The van der Waals surface area contributed by atoms with Gasteiger partial charge in [-0.2, -0.15) is 0 Å². The predicted molar refractivity (Wildman–Crippen MR) is 92.4 cm³/mol. The van der Waals surface area contributed by atoms with Crippen molar-refractivity contribution in [2.45, 2.75) is 6.92 Å². The molecule has 0 fully saturated rings. The molecule has 0 radical (unpaired) electrons. The monoisotopic (exact) mass is 319 g/mol. The highest BCUT2D eigenvalue weighted by molar-refractivity contribution is 5.89. The third-order valence-electron chi connectivity index (χ3n) is 3.43. The van der Waals surface area contributed by atoms with Crippen LogP contribution in [0, 0.1) is 6.92 Å². The smallest absolute Gasteiger partial charge is 0.360 e. The molecule has 0 aliphatic carbocycles. The van der Waals surface area contributed by atoms with E-state index >= 15 is 0 Å². The number of hydrogen-bond donors (Lipinski definition) is 0. The molecule has 0 saturated heterocycles. The number of nitrogens with zero attached hydrogens (tertiary/aromatic N) is 1. The summed E-state index contributed by atoms with van der Waals surface area (Å²) in [5.74, 6) is 0.377. The van der Waals surface area contributed by atoms with Crippen molar-refractivity contribution in [1.29, 1.82) is 0 Å². The van der Waals surface area contributed by atoms with Gasteiger partial charge in [0, 0.05) is 5.56 Å². The Hall–Kier alpha value is -3.14. The van der Waals surface area contributed by atoms with Crippen LogP contribution in [0.5, 0.6) is 0 Å². The molecule has 4 heteroatoms. The van der Waals surface area contributed by atoms with E-state index in [0.29, 0.717) is 11.7 Å². The van der Waals surface area contributed by atoms with E-state index in [1.54, 1.807) is 13.0 Å². The molecule has 3 aromatic rings. The van der Waals surface area contributed by atoms with Crippen molar-refractivity contribution in [2.75, 3.05) is 6.61 Å². The molecule has 0 atom stereocenters. The summed E-state index contributed by atoms with van der Waals surface area (Å²) in [5, 5.41) is 0. The molecule has 120 valence electrons. The quantitative estimate of drug-likeness (QED) is 0.649. The third kappa shape index (κ3) is 3.79. The van der Waals surface area contributed by atoms with Crippen LogP contribution in [-0.2, 0) is 4.74 Å². The van der Waals surface area contributed by atoms with Gasteiger partial charge in [0.15, 0.2) is 5.69 Å². The number of carbonyl (C=O) groups excluding carboxylic acids is 1. The predicted octanol–water partition coefficient (Wildman–Crippen LogP) is 4.52. The van der Waals surface area contributed by atoms with Crippen molar-refractivity contribution >= 4 is 12.0 Å². The molecule has 1 aromatic heterocycles. The lowest BCUT2D eigenvalue weighted by molar-refractivity contribution is 0.0542. The molecule has 4 nitrogen and oxygen atoms in total. The minimum atomic E-state index is -0.490. The molecule has 0 N–H and O–H groups in total. The van der Waals surface area contributed by atoms with Crippen LogP contribution in [0.25, 0.3) is 17.5 Å². The van der Waals surface area contributed by atoms with Crippen LogP contribution in [0.2, 0.25) is 0 Å². The van der Waals surface area contributed by atoms with Crippen LogP contribution in [0.1, 0.15) is 21.8 Å². The number of oxazole rings is 1. The van der Waals surface area contributed by atoms with Crippen molar-refractivity contribution in [2.24, 2.45) is 0 Å². The van der Waals surface area contributed by atoms with E-state index in [9.17, 15) is 4.79 Å². The number of aromatic nitrogens is 1. The molecule has 2 aromatic carbocycles. The van der Waals surface area contributed by atoms with Gasteiger partial charge in [-0.15, -0.1) is 0 Å². The van der Waals surface area contributed by atoms with E-state index in [1.807, 2.05) is 66.7 Å². The van der Waals surface area contributed by atoms with E-state index in [1.165, 1.54) is 0 Å². The fraction of sp³-hybridized carbons (Fsp3) is 0.100. The van der Waals surface area contributed by atoms with Gasteiger partial charge in [-0.3, -0.25) is 0 Å². The number of aryl methyl sites for hydroxylation is 1. The van der Waals surface area contributed by atoms with Gasteiger partial charge in [-0.25, -0.2) is 9.78 Å². The first-order valence-corrected chi connectivity index (χ1v) is 7.65. The molecular formula is C20H17NO3. The fourth-order valence-corrected chi connectivity index (χ4v) is 2.23. The van der Waals surface area contributed by atoms with Crippen LogP contribution >= 0.6 is 0 Å². The van der Waals surface area contributed by atoms with Crippen molar-refractivity contribution in [1.82, 2.24) is 4.98 Å². The maximum absolute atomic E-state index is 12.1. The van der Waals surface area contributed by atoms with Crippen LogP contribution in [-0.4, -0.2) is 17.6 Å². The Labute approximate surface area is 140 Å². The molecule has 0 unspecified atom stereocenters. The summed E-state index contributed by atoms with van der Waals surface area (Å²) in [7, 11) is 0. The van der Waals surface area contributed by atoms with Gasteiger partial charge in [0.25, 0.3) is 0 Å². The molecule has 0 bridgehead atoms. The molecule has 24 heavy (non-hydrogen) atoms. The summed E-state index contributed by atoms with van der Waals surface area (Å²) in [5.41, 5.74) is 2.09. The average Bonchev–Trinajstić information content (AvgIpc) is 3.02. The highest BCUT2D eigenvalue weighted by Gasteiger charge is 2.18. The van der Waals surface area contributed by atoms with Gasteiger partial charge in [0.2, 0.25) is 5.89 Å². The number of benzene rings is 2. The first-order valence-electron chi connectivity index (χ1n) is 7.65. The summed E-state index contributed by atoms with van der Waals surface area (Å²) < 4.78 is 10.8. The summed E-state index contributed by atoms with van der Waals surface area (Å²) in [6.45, 7) is 1.89. The highest BCUT2D eigenvalue weighted by Crippen LogP contribution is 2.21. The van der Waals surface area contributed by atoms with E-state index in [2.05, 4.69) is 4.98 Å². The summed E-state index contributed by atoms with van der Waals surface area (Å²) in [6.07, 6.45) is 3.69. The Balaban J connectivity index is 1.63. The first kappa shape index (κ1) is 15.7. The molecule has 3 rings (SSSR count). The summed E-state index contributed by atoms with van der Waals surface area (Å²) in [4.78, 5) is 16.4. The van der Waals surface area contributed by atoms with Crippen molar-refractivity contribution in [3.8, 4) is 11.5 Å². The molecule has 0 aliphatic heterocycles. The van der Waals surface area contributed by atoms with E-state index in [0.717, 1.165) is 11.1 Å². The maximum Gasteiger partial charge on any atom is 0.360 e. The van der Waals surface area contributed by atoms with Gasteiger partial charge in [0.1, 0.15) is 12.4 Å². The second-order valence-electron chi connectivity index (χ2n) is 5.20. The number of carbonyl (C=O) groups is 1. The van der Waals surface area contributed by atoms with Crippen molar-refractivity contribution in [3.63, 3.8) is 0 Å². The van der Waals surface area contributed by atoms with Crippen molar-refractivity contribution < 1.29 is 13.9 Å². The number of esters is 1. The fourth-order valence-electron chi connectivity index (χ4n) is 2.23. The Morgan fingerprint density at radius 3 is 2.46 bits per heavy atom. The lowest BCUT2D eigenvalue weighted by atomic mass is 10.2. The standard InChI is InChI=1S/C20H17NO3/c1-15-18(21-19(24-15)17-12-6-3-7-13-17)20(22)23-14-8-11-16-9-4-2-5-10-16/h2-13H,14H2,1H3/b11-8+. The molecule has 0 spiro atoms. The Bertz CT molecular complexity index is 836. The second-order valence-corrected chi connectivity index (χ2v) is 5.20. The Morgan fingerprint density at radius 2 is 1.75 bits per heavy atom. The minimum Gasteiger partial charge on any atom is -0.457 e. The van der Waals surface area contributed by atoms with E-state index in [4.69, 9.17) is 9.15 Å². The van der Waals surface area contributed by atoms with Crippen LogP contribution in [0.15, 0.2) is 71.2 Å². The van der Waals surface area contributed by atoms with Crippen LogP contribution in [0.4, 0.5) is 0 Å². The van der Waals surface area contributed by atoms with Gasteiger partial charge in [-0.1, -0.05) is 54.6 Å². The van der Waals surface area contributed by atoms with Crippen molar-refractivity contribution in [3.05, 3.63) is 83.8 Å². The lowest BCUT2D eigenvalue weighted by Gasteiger charge is -1.98. The van der Waals surface area contributed by atoms with Crippen LogP contribution < -0.4 is 0 Å². The molecule has 1 heterocycles. The molecule has 0 saturated carbocycles. The minimum absolute atomic E-state index is 0.181.